The second kappa shape index (κ2) is 3.71. The molecule has 0 atom stereocenters. The predicted octanol–water partition coefficient (Wildman–Crippen LogP) is 2.63. The van der Waals surface area contributed by atoms with Gasteiger partial charge in [0.2, 0.25) is 5.82 Å². The van der Waals surface area contributed by atoms with Crippen molar-refractivity contribution in [1.29, 1.82) is 0 Å². The van der Waals surface area contributed by atoms with Crippen molar-refractivity contribution in [3.63, 3.8) is 0 Å². The number of alkyl halides is 3. The number of ether oxygens (including phenoxy) is 1. The summed E-state index contributed by atoms with van der Waals surface area (Å²) >= 11 is 0. The number of nitro benzene ring substituents is 1. The van der Waals surface area contributed by atoms with Crippen LogP contribution in [0, 0.1) is 15.9 Å². The summed E-state index contributed by atoms with van der Waals surface area (Å²) in [6, 6.07) is 2.27. The molecule has 0 N–H and O–H groups in total. The normalized spacial score (nSPS) is 11.2. The van der Waals surface area contributed by atoms with Crippen molar-refractivity contribution in [3.8, 4) is 5.75 Å². The van der Waals surface area contributed by atoms with E-state index in [1.54, 1.807) is 0 Å². The van der Waals surface area contributed by atoms with Crippen LogP contribution in [-0.4, -0.2) is 11.3 Å². The second-order valence-corrected chi connectivity index (χ2v) is 2.39. The molecule has 0 saturated heterocycles. The van der Waals surface area contributed by atoms with Gasteiger partial charge in [-0.05, 0) is 6.07 Å². The van der Waals surface area contributed by atoms with Gasteiger partial charge in [0.25, 0.3) is 0 Å². The zero-order valence-corrected chi connectivity index (χ0v) is 6.92. The Balaban J connectivity index is 3.10. The molecule has 82 valence electrons. The molecule has 0 bridgehead atoms. The third-order valence-electron chi connectivity index (χ3n) is 1.37. The fraction of sp³-hybridized carbons (Fsp3) is 0.143. The summed E-state index contributed by atoms with van der Waals surface area (Å²) in [6.07, 6.45) is -5.09. The van der Waals surface area contributed by atoms with Gasteiger partial charge in [-0.2, -0.15) is 4.39 Å². The van der Waals surface area contributed by atoms with E-state index in [9.17, 15) is 27.7 Å². The standard InChI is InChI=1S/C7H3F4NO3/c8-6-4(12(13)14)2-1-3-5(6)15-7(9,10)11/h1-3H. The Morgan fingerprint density at radius 2 is 1.93 bits per heavy atom. The molecule has 0 radical (unpaired) electrons. The van der Waals surface area contributed by atoms with Crippen LogP contribution in [0.1, 0.15) is 0 Å². The first kappa shape index (κ1) is 11.2. The first-order valence-corrected chi connectivity index (χ1v) is 3.50. The molecule has 4 nitrogen and oxygen atoms in total. The molecular weight excluding hydrogens is 222 g/mol. The van der Waals surface area contributed by atoms with Crippen LogP contribution in [0.4, 0.5) is 23.2 Å². The Bertz CT molecular complexity index is 390. The minimum atomic E-state index is -5.09. The van der Waals surface area contributed by atoms with Crippen molar-refractivity contribution < 1.29 is 27.2 Å². The smallest absolute Gasteiger partial charge is 0.402 e. The highest BCUT2D eigenvalue weighted by molar-refractivity contribution is 5.40. The van der Waals surface area contributed by atoms with Crippen LogP contribution in [0.2, 0.25) is 0 Å². The monoisotopic (exact) mass is 225 g/mol. The maximum atomic E-state index is 13.0. The molecule has 0 spiro atoms. The lowest BCUT2D eigenvalue weighted by molar-refractivity contribution is -0.387. The molecule has 1 aromatic carbocycles. The van der Waals surface area contributed by atoms with Crippen LogP contribution in [0.15, 0.2) is 18.2 Å². The van der Waals surface area contributed by atoms with Crippen LogP contribution in [-0.2, 0) is 0 Å². The van der Waals surface area contributed by atoms with Crippen molar-refractivity contribution in [1.82, 2.24) is 0 Å². The van der Waals surface area contributed by atoms with Crippen molar-refractivity contribution in [3.05, 3.63) is 34.1 Å². The van der Waals surface area contributed by atoms with Crippen LogP contribution in [0.3, 0.4) is 0 Å². The average Bonchev–Trinajstić information content (AvgIpc) is 2.05. The summed E-state index contributed by atoms with van der Waals surface area (Å²) < 4.78 is 51.3. The molecule has 1 aromatic rings. The summed E-state index contributed by atoms with van der Waals surface area (Å²) in [5.74, 6) is -2.88. The summed E-state index contributed by atoms with van der Waals surface area (Å²) in [4.78, 5) is 9.03. The van der Waals surface area contributed by atoms with Gasteiger partial charge in [-0.1, -0.05) is 6.07 Å². The molecule has 0 aromatic heterocycles. The van der Waals surface area contributed by atoms with Crippen molar-refractivity contribution >= 4 is 5.69 Å². The highest BCUT2D eigenvalue weighted by Gasteiger charge is 2.33. The number of nitrogens with zero attached hydrogens (tertiary/aromatic N) is 1. The highest BCUT2D eigenvalue weighted by atomic mass is 19.4. The number of benzene rings is 1. The molecule has 0 unspecified atom stereocenters. The third-order valence-corrected chi connectivity index (χ3v) is 1.37. The number of nitro groups is 1. The molecule has 1 rings (SSSR count). The minimum Gasteiger partial charge on any atom is -0.402 e. The number of hydrogen-bond donors (Lipinski definition) is 0. The van der Waals surface area contributed by atoms with E-state index >= 15 is 0 Å². The maximum Gasteiger partial charge on any atom is 0.573 e. The molecule has 8 heteroatoms. The fourth-order valence-electron chi connectivity index (χ4n) is 0.844. The largest absolute Gasteiger partial charge is 0.573 e. The first-order valence-electron chi connectivity index (χ1n) is 3.50. The molecule has 0 aliphatic rings. The average molecular weight is 225 g/mol. The Morgan fingerprint density at radius 1 is 1.33 bits per heavy atom. The van der Waals surface area contributed by atoms with Crippen molar-refractivity contribution in [2.24, 2.45) is 0 Å². The van der Waals surface area contributed by atoms with Gasteiger partial charge >= 0.3 is 12.0 Å². The van der Waals surface area contributed by atoms with Gasteiger partial charge in [-0.15, -0.1) is 13.2 Å². The minimum absolute atomic E-state index is 0.649. The first-order chi connectivity index (χ1) is 6.81. The molecule has 0 amide bonds. The van der Waals surface area contributed by atoms with E-state index in [4.69, 9.17) is 0 Å². The van der Waals surface area contributed by atoms with E-state index in [0.717, 1.165) is 12.1 Å². The van der Waals surface area contributed by atoms with Crippen LogP contribution in [0.5, 0.6) is 5.75 Å². The zero-order valence-electron chi connectivity index (χ0n) is 6.92. The summed E-state index contributed by atoms with van der Waals surface area (Å²) in [6.45, 7) is 0. The van der Waals surface area contributed by atoms with Gasteiger partial charge in [0, 0.05) is 6.07 Å². The SMILES string of the molecule is O=[N+]([O-])c1cccc(OC(F)(F)F)c1F. The van der Waals surface area contributed by atoms with Crippen LogP contribution >= 0.6 is 0 Å². The van der Waals surface area contributed by atoms with E-state index in [1.807, 2.05) is 0 Å². The highest BCUT2D eigenvalue weighted by Crippen LogP contribution is 2.30. The lowest BCUT2D eigenvalue weighted by Crippen LogP contribution is -2.18. The van der Waals surface area contributed by atoms with E-state index in [1.165, 1.54) is 0 Å². The lowest BCUT2D eigenvalue weighted by atomic mass is 10.3. The molecule has 0 saturated carbocycles. The van der Waals surface area contributed by atoms with Gasteiger partial charge in [0.15, 0.2) is 5.75 Å². The number of hydrogen-bond acceptors (Lipinski definition) is 3. The van der Waals surface area contributed by atoms with Gasteiger partial charge in [0.05, 0.1) is 4.92 Å². The third kappa shape index (κ3) is 2.79. The maximum absolute atomic E-state index is 13.0. The summed E-state index contributed by atoms with van der Waals surface area (Å²) in [7, 11) is 0. The number of rotatable bonds is 2. The Hall–Kier alpha value is -1.86. The lowest BCUT2D eigenvalue weighted by Gasteiger charge is -2.08. The molecular formula is C7H3F4NO3. The Kier molecular flexibility index (Phi) is 2.78. The molecule has 0 heterocycles. The Morgan fingerprint density at radius 3 is 2.40 bits per heavy atom. The van der Waals surface area contributed by atoms with E-state index in [2.05, 4.69) is 4.74 Å². The quantitative estimate of drug-likeness (QED) is 0.441. The molecule has 0 aliphatic heterocycles. The van der Waals surface area contributed by atoms with E-state index < -0.39 is 28.5 Å². The topological polar surface area (TPSA) is 52.4 Å². The zero-order chi connectivity index (χ0) is 11.6. The van der Waals surface area contributed by atoms with Crippen LogP contribution in [0.25, 0.3) is 0 Å². The van der Waals surface area contributed by atoms with Gasteiger partial charge in [-0.25, -0.2) is 0 Å². The predicted molar refractivity (Wildman–Crippen MR) is 39.7 cm³/mol. The van der Waals surface area contributed by atoms with Crippen molar-refractivity contribution in [2.75, 3.05) is 0 Å². The van der Waals surface area contributed by atoms with Crippen LogP contribution < -0.4 is 4.74 Å². The van der Waals surface area contributed by atoms with E-state index in [0.29, 0.717) is 6.07 Å². The fourth-order valence-corrected chi connectivity index (χ4v) is 0.844. The molecule has 0 fully saturated rings. The van der Waals surface area contributed by atoms with Gasteiger partial charge < -0.3 is 4.74 Å². The van der Waals surface area contributed by atoms with Crippen molar-refractivity contribution in [2.45, 2.75) is 6.36 Å². The summed E-state index contributed by atoms with van der Waals surface area (Å²) in [5, 5.41) is 10.2. The van der Waals surface area contributed by atoms with Gasteiger partial charge in [0.1, 0.15) is 0 Å². The summed E-state index contributed by atoms with van der Waals surface area (Å²) in [5.41, 5.74) is -1.07. The van der Waals surface area contributed by atoms with E-state index in [-0.39, 0.29) is 0 Å². The molecule has 0 aliphatic carbocycles. The number of halogens is 4. The van der Waals surface area contributed by atoms with Gasteiger partial charge in [-0.3, -0.25) is 10.1 Å². The molecule has 15 heavy (non-hydrogen) atoms. The Labute approximate surface area is 80.2 Å². The second-order valence-electron chi connectivity index (χ2n) is 2.39.